The lowest BCUT2D eigenvalue weighted by atomic mass is 10.0. The van der Waals surface area contributed by atoms with Crippen LogP contribution >= 0.6 is 0 Å². The molecule has 0 aromatic heterocycles. The monoisotopic (exact) mass is 244 g/mol. The van der Waals surface area contributed by atoms with Crippen molar-refractivity contribution in [3.8, 4) is 0 Å². The normalized spacial score (nSPS) is 13.6. The van der Waals surface area contributed by atoms with E-state index in [0.29, 0.717) is 12.1 Å². The van der Waals surface area contributed by atoms with Crippen molar-refractivity contribution in [2.24, 2.45) is 5.73 Å². The van der Waals surface area contributed by atoms with Crippen LogP contribution < -0.4 is 5.73 Å². The lowest BCUT2D eigenvalue weighted by Crippen LogP contribution is -2.48. The van der Waals surface area contributed by atoms with Crippen molar-refractivity contribution in [3.05, 3.63) is 0 Å². The summed E-state index contributed by atoms with van der Waals surface area (Å²) < 4.78 is 5.23. The molecule has 0 fully saturated rings. The van der Waals surface area contributed by atoms with Crippen molar-refractivity contribution in [2.45, 2.75) is 65.0 Å². The standard InChI is InChI=1S/C14H32N2O/c1-5-8-9-14(12-15)16(10-11-17-4)13(6-2)7-3/h13-14H,5-12,15H2,1-4H3. The van der Waals surface area contributed by atoms with Gasteiger partial charge in [0.15, 0.2) is 0 Å². The molecule has 0 heterocycles. The lowest BCUT2D eigenvalue weighted by Gasteiger charge is -2.37. The van der Waals surface area contributed by atoms with Crippen LogP contribution in [-0.4, -0.2) is 43.8 Å². The number of unbranched alkanes of at least 4 members (excludes halogenated alkanes) is 1. The van der Waals surface area contributed by atoms with Crippen LogP contribution in [0.1, 0.15) is 52.9 Å². The molecule has 0 amide bonds. The Hall–Kier alpha value is -0.120. The van der Waals surface area contributed by atoms with Crippen LogP contribution in [0.2, 0.25) is 0 Å². The molecule has 0 aliphatic rings. The summed E-state index contributed by atoms with van der Waals surface area (Å²) in [6.45, 7) is 9.35. The Labute approximate surface area is 108 Å². The summed E-state index contributed by atoms with van der Waals surface area (Å²) in [7, 11) is 1.77. The second kappa shape index (κ2) is 11.0. The van der Waals surface area contributed by atoms with Gasteiger partial charge in [-0.3, -0.25) is 4.90 Å². The third-order valence-corrected chi connectivity index (χ3v) is 3.60. The number of hydrogen-bond donors (Lipinski definition) is 1. The third-order valence-electron chi connectivity index (χ3n) is 3.60. The minimum atomic E-state index is 0.523. The van der Waals surface area contributed by atoms with Gasteiger partial charge in [0.25, 0.3) is 0 Å². The SMILES string of the molecule is CCCCC(CN)N(CCOC)C(CC)CC. The minimum absolute atomic E-state index is 0.523. The zero-order valence-corrected chi connectivity index (χ0v) is 12.2. The number of nitrogens with zero attached hydrogens (tertiary/aromatic N) is 1. The number of hydrogen-bond acceptors (Lipinski definition) is 3. The average Bonchev–Trinajstić information content (AvgIpc) is 2.36. The molecule has 0 aromatic rings. The van der Waals surface area contributed by atoms with E-state index in [1.165, 1.54) is 32.1 Å². The van der Waals surface area contributed by atoms with Gasteiger partial charge in [-0.05, 0) is 19.3 Å². The molecule has 0 radical (unpaired) electrons. The summed E-state index contributed by atoms with van der Waals surface area (Å²) in [5.74, 6) is 0. The molecule has 0 aliphatic heterocycles. The van der Waals surface area contributed by atoms with Crippen molar-refractivity contribution in [1.29, 1.82) is 0 Å². The van der Waals surface area contributed by atoms with Crippen LogP contribution in [0.3, 0.4) is 0 Å². The molecule has 17 heavy (non-hydrogen) atoms. The summed E-state index contributed by atoms with van der Waals surface area (Å²) in [4.78, 5) is 2.57. The van der Waals surface area contributed by atoms with Gasteiger partial charge in [-0.15, -0.1) is 0 Å². The molecule has 0 bridgehead atoms. The van der Waals surface area contributed by atoms with Crippen molar-refractivity contribution < 1.29 is 4.74 Å². The van der Waals surface area contributed by atoms with E-state index in [-0.39, 0.29) is 0 Å². The lowest BCUT2D eigenvalue weighted by molar-refractivity contribution is 0.0776. The Morgan fingerprint density at radius 3 is 2.18 bits per heavy atom. The molecule has 0 rings (SSSR count). The summed E-state index contributed by atoms with van der Waals surface area (Å²) in [6, 6.07) is 1.17. The van der Waals surface area contributed by atoms with Gasteiger partial charge in [-0.1, -0.05) is 33.6 Å². The Balaban J connectivity index is 4.47. The van der Waals surface area contributed by atoms with Gasteiger partial charge in [0.05, 0.1) is 6.61 Å². The van der Waals surface area contributed by atoms with Crippen LogP contribution in [0.25, 0.3) is 0 Å². The maximum absolute atomic E-state index is 5.95. The molecule has 104 valence electrons. The van der Waals surface area contributed by atoms with Crippen molar-refractivity contribution in [2.75, 3.05) is 26.8 Å². The van der Waals surface area contributed by atoms with Gasteiger partial charge < -0.3 is 10.5 Å². The highest BCUT2D eigenvalue weighted by atomic mass is 16.5. The molecule has 3 nitrogen and oxygen atoms in total. The molecule has 0 aromatic carbocycles. The predicted octanol–water partition coefficient (Wildman–Crippen LogP) is 2.64. The van der Waals surface area contributed by atoms with Crippen LogP contribution in [0.5, 0.6) is 0 Å². The highest BCUT2D eigenvalue weighted by Gasteiger charge is 2.22. The van der Waals surface area contributed by atoms with E-state index in [2.05, 4.69) is 25.7 Å². The van der Waals surface area contributed by atoms with Gasteiger partial charge in [0, 0.05) is 32.3 Å². The van der Waals surface area contributed by atoms with Crippen LogP contribution in [0, 0.1) is 0 Å². The highest BCUT2D eigenvalue weighted by molar-refractivity contribution is 4.78. The Morgan fingerprint density at radius 1 is 1.12 bits per heavy atom. The molecule has 0 aliphatic carbocycles. The van der Waals surface area contributed by atoms with Crippen LogP contribution in [-0.2, 0) is 4.74 Å². The van der Waals surface area contributed by atoms with E-state index in [1.807, 2.05) is 0 Å². The fourth-order valence-corrected chi connectivity index (χ4v) is 2.48. The largest absolute Gasteiger partial charge is 0.383 e. The fraction of sp³-hybridized carbons (Fsp3) is 1.00. The molecule has 1 unspecified atom stereocenters. The number of methoxy groups -OCH3 is 1. The van der Waals surface area contributed by atoms with Gasteiger partial charge >= 0.3 is 0 Å². The molecule has 1 atom stereocenters. The maximum Gasteiger partial charge on any atom is 0.0589 e. The van der Waals surface area contributed by atoms with Gasteiger partial charge in [0.2, 0.25) is 0 Å². The summed E-state index contributed by atoms with van der Waals surface area (Å²) >= 11 is 0. The van der Waals surface area contributed by atoms with E-state index < -0.39 is 0 Å². The zero-order valence-electron chi connectivity index (χ0n) is 12.2. The number of nitrogens with two attached hydrogens (primary N) is 1. The van der Waals surface area contributed by atoms with Gasteiger partial charge in [0.1, 0.15) is 0 Å². The Bertz CT molecular complexity index is 160. The molecule has 3 heteroatoms. The van der Waals surface area contributed by atoms with E-state index in [0.717, 1.165) is 19.7 Å². The summed E-state index contributed by atoms with van der Waals surface area (Å²) in [6.07, 6.45) is 6.13. The van der Waals surface area contributed by atoms with Crippen LogP contribution in [0.15, 0.2) is 0 Å². The van der Waals surface area contributed by atoms with Gasteiger partial charge in [-0.2, -0.15) is 0 Å². The van der Waals surface area contributed by atoms with E-state index in [4.69, 9.17) is 10.5 Å². The van der Waals surface area contributed by atoms with Crippen molar-refractivity contribution in [1.82, 2.24) is 4.90 Å². The molecule has 0 saturated carbocycles. The molecular weight excluding hydrogens is 212 g/mol. The number of rotatable bonds is 11. The molecule has 2 N–H and O–H groups in total. The summed E-state index contributed by atoms with van der Waals surface area (Å²) in [5.41, 5.74) is 5.95. The van der Waals surface area contributed by atoms with Gasteiger partial charge in [-0.25, -0.2) is 0 Å². The first-order valence-electron chi connectivity index (χ1n) is 7.19. The molecule has 0 saturated heterocycles. The Morgan fingerprint density at radius 2 is 1.76 bits per heavy atom. The van der Waals surface area contributed by atoms with Crippen LogP contribution in [0.4, 0.5) is 0 Å². The van der Waals surface area contributed by atoms with Crippen molar-refractivity contribution >= 4 is 0 Å². The zero-order chi connectivity index (χ0) is 13.1. The third kappa shape index (κ3) is 6.39. The highest BCUT2D eigenvalue weighted by Crippen LogP contribution is 2.16. The van der Waals surface area contributed by atoms with E-state index in [9.17, 15) is 0 Å². The first-order valence-corrected chi connectivity index (χ1v) is 7.19. The quantitative estimate of drug-likeness (QED) is 0.607. The smallest absolute Gasteiger partial charge is 0.0589 e. The minimum Gasteiger partial charge on any atom is -0.383 e. The van der Waals surface area contributed by atoms with E-state index >= 15 is 0 Å². The fourth-order valence-electron chi connectivity index (χ4n) is 2.48. The maximum atomic E-state index is 5.95. The first-order chi connectivity index (χ1) is 8.24. The second-order valence-corrected chi connectivity index (χ2v) is 4.73. The topological polar surface area (TPSA) is 38.5 Å². The summed E-state index contributed by atoms with van der Waals surface area (Å²) in [5, 5.41) is 0. The molecule has 0 spiro atoms. The predicted molar refractivity (Wildman–Crippen MR) is 75.3 cm³/mol. The molecular formula is C14H32N2O. The first kappa shape index (κ1) is 16.9. The second-order valence-electron chi connectivity index (χ2n) is 4.73. The average molecular weight is 244 g/mol. The number of ether oxygens (including phenoxy) is 1. The van der Waals surface area contributed by atoms with E-state index in [1.54, 1.807) is 7.11 Å². The Kier molecular flexibility index (Phi) is 10.9. The van der Waals surface area contributed by atoms with Crippen molar-refractivity contribution in [3.63, 3.8) is 0 Å².